The zero-order valence-corrected chi connectivity index (χ0v) is 10.0. The Labute approximate surface area is 102 Å². The summed E-state index contributed by atoms with van der Waals surface area (Å²) in [6.07, 6.45) is 1.61. The second kappa shape index (κ2) is 4.50. The van der Waals surface area contributed by atoms with Gasteiger partial charge in [-0.3, -0.25) is 0 Å². The minimum Gasteiger partial charge on any atom is -0.368 e. The molecule has 0 saturated heterocycles. The molecule has 0 bridgehead atoms. The van der Waals surface area contributed by atoms with E-state index in [1.165, 1.54) is 0 Å². The highest BCUT2D eigenvalue weighted by Gasteiger charge is 2.13. The summed E-state index contributed by atoms with van der Waals surface area (Å²) in [5, 5.41) is 10.8. The average molecular weight is 255 g/mol. The first-order valence-corrected chi connectivity index (χ1v) is 5.21. The normalized spacial score (nSPS) is 12.4. The van der Waals surface area contributed by atoms with Crippen LogP contribution in [-0.4, -0.2) is 29.7 Å². The second-order valence-corrected chi connectivity index (χ2v) is 3.79. The molecule has 0 aromatic carbocycles. The molecule has 0 radical (unpaired) electrons. The molecule has 1 unspecified atom stereocenters. The number of rotatable bonds is 3. The van der Waals surface area contributed by atoms with Crippen LogP contribution < -0.4 is 11.1 Å². The molecule has 2 aromatic rings. The van der Waals surface area contributed by atoms with E-state index in [0.29, 0.717) is 5.95 Å². The van der Waals surface area contributed by atoms with Crippen molar-refractivity contribution in [2.45, 2.75) is 13.0 Å². The van der Waals surface area contributed by atoms with Crippen molar-refractivity contribution in [1.29, 1.82) is 0 Å². The van der Waals surface area contributed by atoms with Crippen molar-refractivity contribution in [1.82, 2.24) is 29.7 Å². The zero-order valence-electron chi connectivity index (χ0n) is 9.29. The predicted octanol–water partition coefficient (Wildman–Crippen LogP) is 0.409. The van der Waals surface area contributed by atoms with E-state index in [9.17, 15) is 0 Å². The third-order valence-electron chi connectivity index (χ3n) is 2.10. The fraction of sp³-hybridized carbons (Fsp3) is 0.375. The number of hydrogen-bond acceptors (Lipinski definition) is 7. The van der Waals surface area contributed by atoms with Crippen LogP contribution in [0.2, 0.25) is 5.28 Å². The van der Waals surface area contributed by atoms with E-state index in [1.807, 2.05) is 14.0 Å². The van der Waals surface area contributed by atoms with Crippen molar-refractivity contribution in [2.75, 3.05) is 11.1 Å². The summed E-state index contributed by atoms with van der Waals surface area (Å²) in [7, 11) is 1.85. The lowest BCUT2D eigenvalue weighted by atomic mass is 10.3. The van der Waals surface area contributed by atoms with Crippen molar-refractivity contribution in [2.24, 2.45) is 7.05 Å². The Morgan fingerprint density at radius 1 is 1.41 bits per heavy atom. The third kappa shape index (κ3) is 2.59. The van der Waals surface area contributed by atoms with Crippen molar-refractivity contribution < 1.29 is 0 Å². The molecule has 0 spiro atoms. The summed E-state index contributed by atoms with van der Waals surface area (Å²) in [4.78, 5) is 11.5. The van der Waals surface area contributed by atoms with Gasteiger partial charge in [0.15, 0.2) is 5.82 Å². The van der Waals surface area contributed by atoms with Crippen LogP contribution >= 0.6 is 11.6 Å². The maximum Gasteiger partial charge on any atom is 0.229 e. The van der Waals surface area contributed by atoms with Crippen molar-refractivity contribution in [3.8, 4) is 0 Å². The van der Waals surface area contributed by atoms with Crippen LogP contribution in [0.4, 0.5) is 11.9 Å². The van der Waals surface area contributed by atoms with E-state index in [0.717, 1.165) is 5.82 Å². The molecule has 2 aromatic heterocycles. The van der Waals surface area contributed by atoms with Crippen molar-refractivity contribution >= 4 is 23.5 Å². The number of aryl methyl sites for hydroxylation is 1. The van der Waals surface area contributed by atoms with Crippen LogP contribution in [0, 0.1) is 0 Å². The summed E-state index contributed by atoms with van der Waals surface area (Å²) in [6, 6.07) is -0.125. The molecule has 0 saturated carbocycles. The molecule has 0 aliphatic carbocycles. The smallest absolute Gasteiger partial charge is 0.229 e. The molecule has 1 atom stereocenters. The predicted molar refractivity (Wildman–Crippen MR) is 62.3 cm³/mol. The molecular formula is C8H11ClN8. The van der Waals surface area contributed by atoms with Gasteiger partial charge >= 0.3 is 0 Å². The fourth-order valence-corrected chi connectivity index (χ4v) is 1.54. The number of hydrogen-bond donors (Lipinski definition) is 2. The highest BCUT2D eigenvalue weighted by molar-refractivity contribution is 6.28. The zero-order chi connectivity index (χ0) is 12.4. The number of anilines is 2. The maximum atomic E-state index is 5.67. The Hall–Kier alpha value is -1.96. The van der Waals surface area contributed by atoms with Gasteiger partial charge in [0.05, 0.1) is 6.04 Å². The van der Waals surface area contributed by atoms with Gasteiger partial charge in [0.25, 0.3) is 0 Å². The molecule has 0 fully saturated rings. The number of nitrogens with one attached hydrogen (secondary N) is 1. The molecule has 3 N–H and O–H groups in total. The summed E-state index contributed by atoms with van der Waals surface area (Å²) in [5.41, 5.74) is 5.46. The van der Waals surface area contributed by atoms with Crippen LogP contribution in [0.3, 0.4) is 0 Å². The minimum atomic E-state index is -0.125. The molecule has 2 rings (SSSR count). The van der Waals surface area contributed by atoms with E-state index < -0.39 is 0 Å². The van der Waals surface area contributed by atoms with Crippen LogP contribution in [0.25, 0.3) is 0 Å². The van der Waals surface area contributed by atoms with Crippen LogP contribution in [0.5, 0.6) is 0 Å². The maximum absolute atomic E-state index is 5.67. The summed E-state index contributed by atoms with van der Waals surface area (Å²) in [5.74, 6) is 1.12. The van der Waals surface area contributed by atoms with Crippen molar-refractivity contribution in [3.05, 3.63) is 17.4 Å². The van der Waals surface area contributed by atoms with Gasteiger partial charge in [0.2, 0.25) is 17.2 Å². The lowest BCUT2D eigenvalue weighted by Gasteiger charge is -2.12. The highest BCUT2D eigenvalue weighted by atomic mass is 35.5. The number of halogens is 1. The van der Waals surface area contributed by atoms with Crippen LogP contribution in [0.15, 0.2) is 6.33 Å². The van der Waals surface area contributed by atoms with Crippen LogP contribution in [0.1, 0.15) is 18.8 Å². The summed E-state index contributed by atoms with van der Waals surface area (Å²) in [6.45, 7) is 1.90. The molecule has 2 heterocycles. The molecule has 0 aliphatic rings. The third-order valence-corrected chi connectivity index (χ3v) is 2.27. The van der Waals surface area contributed by atoms with Gasteiger partial charge in [0.1, 0.15) is 6.33 Å². The topological polar surface area (TPSA) is 107 Å². The number of nitrogen functional groups attached to an aromatic ring is 1. The number of nitrogens with two attached hydrogens (primary N) is 1. The average Bonchev–Trinajstić information content (AvgIpc) is 2.62. The van der Waals surface area contributed by atoms with E-state index in [1.54, 1.807) is 10.9 Å². The first-order valence-electron chi connectivity index (χ1n) is 4.83. The van der Waals surface area contributed by atoms with E-state index in [2.05, 4.69) is 30.5 Å². The number of nitrogens with zero attached hydrogens (tertiary/aromatic N) is 6. The summed E-state index contributed by atoms with van der Waals surface area (Å²) < 4.78 is 1.80. The number of aromatic nitrogens is 6. The van der Waals surface area contributed by atoms with Crippen molar-refractivity contribution in [3.63, 3.8) is 0 Å². The Morgan fingerprint density at radius 2 is 2.18 bits per heavy atom. The second-order valence-electron chi connectivity index (χ2n) is 3.45. The van der Waals surface area contributed by atoms with E-state index in [-0.39, 0.29) is 17.3 Å². The monoisotopic (exact) mass is 254 g/mol. The molecule has 17 heavy (non-hydrogen) atoms. The van der Waals surface area contributed by atoms with Crippen LogP contribution in [-0.2, 0) is 7.05 Å². The first kappa shape index (κ1) is 11.5. The van der Waals surface area contributed by atoms with Gasteiger partial charge in [0, 0.05) is 7.05 Å². The standard InChI is InChI=1S/C8H11ClN8/c1-4(5-16-11-3-17(5)2)12-8-14-6(9)13-7(10)15-8/h3-4H,1-2H3,(H3,10,12,13,14,15). The van der Waals surface area contributed by atoms with Gasteiger partial charge in [-0.05, 0) is 18.5 Å². The Morgan fingerprint density at radius 3 is 2.76 bits per heavy atom. The van der Waals surface area contributed by atoms with Gasteiger partial charge in [-0.1, -0.05) is 0 Å². The van der Waals surface area contributed by atoms with E-state index in [4.69, 9.17) is 17.3 Å². The molecule has 8 nitrogen and oxygen atoms in total. The molecule has 90 valence electrons. The van der Waals surface area contributed by atoms with Gasteiger partial charge in [-0.2, -0.15) is 15.0 Å². The Balaban J connectivity index is 2.18. The lowest BCUT2D eigenvalue weighted by molar-refractivity contribution is 0.712. The lowest BCUT2D eigenvalue weighted by Crippen LogP contribution is -2.14. The van der Waals surface area contributed by atoms with Gasteiger partial charge in [-0.25, -0.2) is 0 Å². The fourth-order valence-electron chi connectivity index (χ4n) is 1.37. The van der Waals surface area contributed by atoms with Gasteiger partial charge < -0.3 is 15.6 Å². The first-order chi connectivity index (χ1) is 8.06. The molecule has 0 aliphatic heterocycles. The van der Waals surface area contributed by atoms with Gasteiger partial charge in [-0.15, -0.1) is 10.2 Å². The summed E-state index contributed by atoms with van der Waals surface area (Å²) >= 11 is 5.67. The van der Waals surface area contributed by atoms with E-state index >= 15 is 0 Å². The largest absolute Gasteiger partial charge is 0.368 e. The minimum absolute atomic E-state index is 0.0464. The quantitative estimate of drug-likeness (QED) is 0.817. The molecule has 9 heteroatoms. The Bertz CT molecular complexity index is 504. The Kier molecular flexibility index (Phi) is 3.05. The SMILES string of the molecule is CC(Nc1nc(N)nc(Cl)n1)c1nncn1C. The molecular weight excluding hydrogens is 244 g/mol. The highest BCUT2D eigenvalue weighted by Crippen LogP contribution is 2.15. The molecule has 0 amide bonds.